The van der Waals surface area contributed by atoms with Gasteiger partial charge in [0.2, 0.25) is 0 Å². The second-order valence-electron chi connectivity index (χ2n) is 5.01. The first-order valence-electron chi connectivity index (χ1n) is 6.89. The number of hydrogen-bond donors (Lipinski definition) is 1. The van der Waals surface area contributed by atoms with Crippen molar-refractivity contribution in [2.24, 2.45) is 0 Å². The number of aryl methyl sites for hydroxylation is 2. The molecular weight excluding hydrogens is 254 g/mol. The maximum absolute atomic E-state index is 4.36. The maximum Gasteiger partial charge on any atom is 0.0954 e. The molecule has 0 spiro atoms. The van der Waals surface area contributed by atoms with E-state index in [0.29, 0.717) is 0 Å². The molecule has 0 amide bonds. The Morgan fingerprint density at radius 3 is 2.74 bits per heavy atom. The first-order valence-corrected chi connectivity index (χ1v) is 7.70. The quantitative estimate of drug-likeness (QED) is 0.820. The van der Waals surface area contributed by atoms with Gasteiger partial charge in [0.1, 0.15) is 0 Å². The maximum atomic E-state index is 4.36. The first kappa shape index (κ1) is 14.3. The molecular formula is C15H23N3S. The van der Waals surface area contributed by atoms with Crippen LogP contribution < -0.4 is 5.32 Å². The van der Waals surface area contributed by atoms with E-state index in [-0.39, 0.29) is 0 Å². The predicted molar refractivity (Wildman–Crippen MR) is 81.9 cm³/mol. The minimum absolute atomic E-state index is 0.933. The molecule has 0 fully saturated rings. The van der Waals surface area contributed by atoms with E-state index >= 15 is 0 Å². The SMILES string of the molecule is CCCNCc1cc(Cn2cnc(C)c2C)c(C)s1. The summed E-state index contributed by atoms with van der Waals surface area (Å²) in [6.45, 7) is 11.6. The standard InChI is InChI=1S/C15H23N3S/c1-5-6-16-8-15-7-14(13(4)19-15)9-18-10-17-11(2)12(18)3/h7,10,16H,5-6,8-9H2,1-4H3. The van der Waals surface area contributed by atoms with Gasteiger partial charge in [-0.1, -0.05) is 6.92 Å². The summed E-state index contributed by atoms with van der Waals surface area (Å²) < 4.78 is 2.23. The highest BCUT2D eigenvalue weighted by Crippen LogP contribution is 2.23. The van der Waals surface area contributed by atoms with E-state index in [1.54, 1.807) is 0 Å². The van der Waals surface area contributed by atoms with E-state index in [1.165, 1.54) is 27.4 Å². The Bertz CT molecular complexity index is 540. The number of rotatable bonds is 6. The third kappa shape index (κ3) is 3.45. The molecule has 0 atom stereocenters. The smallest absolute Gasteiger partial charge is 0.0954 e. The average Bonchev–Trinajstić information content (AvgIpc) is 2.88. The van der Waals surface area contributed by atoms with Gasteiger partial charge in [0, 0.05) is 28.5 Å². The fourth-order valence-electron chi connectivity index (χ4n) is 2.11. The minimum Gasteiger partial charge on any atom is -0.330 e. The van der Waals surface area contributed by atoms with E-state index in [0.717, 1.165) is 25.3 Å². The van der Waals surface area contributed by atoms with Crippen molar-refractivity contribution >= 4 is 11.3 Å². The van der Waals surface area contributed by atoms with E-state index < -0.39 is 0 Å². The highest BCUT2D eigenvalue weighted by atomic mass is 32.1. The summed E-state index contributed by atoms with van der Waals surface area (Å²) in [5.74, 6) is 0. The van der Waals surface area contributed by atoms with Gasteiger partial charge < -0.3 is 9.88 Å². The Hall–Kier alpha value is -1.13. The van der Waals surface area contributed by atoms with Gasteiger partial charge in [0.05, 0.1) is 12.0 Å². The molecule has 0 aromatic carbocycles. The van der Waals surface area contributed by atoms with Crippen molar-refractivity contribution in [3.05, 3.63) is 39.1 Å². The molecule has 2 heterocycles. The van der Waals surface area contributed by atoms with Crippen LogP contribution >= 0.6 is 11.3 Å². The van der Waals surface area contributed by atoms with Crippen LogP contribution in [0.4, 0.5) is 0 Å². The number of imidazole rings is 1. The Kier molecular flexibility index (Phi) is 4.77. The summed E-state index contributed by atoms with van der Waals surface area (Å²) >= 11 is 1.90. The molecule has 0 unspecified atom stereocenters. The van der Waals surface area contributed by atoms with Crippen LogP contribution in [0.2, 0.25) is 0 Å². The van der Waals surface area contributed by atoms with Gasteiger partial charge in [-0.15, -0.1) is 11.3 Å². The third-order valence-corrected chi connectivity index (χ3v) is 4.58. The van der Waals surface area contributed by atoms with Gasteiger partial charge in [0.25, 0.3) is 0 Å². The molecule has 0 saturated carbocycles. The van der Waals surface area contributed by atoms with Gasteiger partial charge in [-0.05, 0) is 45.4 Å². The van der Waals surface area contributed by atoms with Gasteiger partial charge in [-0.3, -0.25) is 0 Å². The van der Waals surface area contributed by atoms with Crippen molar-refractivity contribution < 1.29 is 0 Å². The zero-order valence-electron chi connectivity index (χ0n) is 12.3. The van der Waals surface area contributed by atoms with Crippen molar-refractivity contribution in [2.75, 3.05) is 6.54 Å². The van der Waals surface area contributed by atoms with Crippen LogP contribution in [0, 0.1) is 20.8 Å². The summed E-state index contributed by atoms with van der Waals surface area (Å²) in [5.41, 5.74) is 3.80. The summed E-state index contributed by atoms with van der Waals surface area (Å²) in [5, 5.41) is 3.46. The molecule has 2 aromatic heterocycles. The topological polar surface area (TPSA) is 29.9 Å². The normalized spacial score (nSPS) is 11.2. The largest absolute Gasteiger partial charge is 0.330 e. The zero-order chi connectivity index (χ0) is 13.8. The summed E-state index contributed by atoms with van der Waals surface area (Å²) in [4.78, 5) is 7.21. The molecule has 0 aliphatic rings. The predicted octanol–water partition coefficient (Wildman–Crippen LogP) is 3.42. The molecule has 2 aromatic rings. The molecule has 2 rings (SSSR count). The molecule has 19 heavy (non-hydrogen) atoms. The van der Waals surface area contributed by atoms with Crippen LogP contribution in [0.3, 0.4) is 0 Å². The third-order valence-electron chi connectivity index (χ3n) is 3.48. The highest BCUT2D eigenvalue weighted by Gasteiger charge is 2.08. The molecule has 0 radical (unpaired) electrons. The monoisotopic (exact) mass is 277 g/mol. The van der Waals surface area contributed by atoms with Crippen LogP contribution in [0.5, 0.6) is 0 Å². The lowest BCUT2D eigenvalue weighted by Gasteiger charge is -2.04. The van der Waals surface area contributed by atoms with Crippen LogP contribution in [-0.2, 0) is 13.1 Å². The fraction of sp³-hybridized carbons (Fsp3) is 0.533. The van der Waals surface area contributed by atoms with E-state index in [1.807, 2.05) is 17.7 Å². The zero-order valence-corrected chi connectivity index (χ0v) is 13.1. The van der Waals surface area contributed by atoms with E-state index in [2.05, 4.69) is 48.6 Å². The Balaban J connectivity index is 2.06. The number of aromatic nitrogens is 2. The van der Waals surface area contributed by atoms with Crippen LogP contribution in [0.1, 0.15) is 40.1 Å². The van der Waals surface area contributed by atoms with Gasteiger partial charge in [0.15, 0.2) is 0 Å². The van der Waals surface area contributed by atoms with Crippen molar-refractivity contribution in [3.8, 4) is 0 Å². The van der Waals surface area contributed by atoms with E-state index in [4.69, 9.17) is 0 Å². The van der Waals surface area contributed by atoms with Gasteiger partial charge in [-0.25, -0.2) is 4.98 Å². The van der Waals surface area contributed by atoms with Crippen molar-refractivity contribution in [1.82, 2.24) is 14.9 Å². The fourth-order valence-corrected chi connectivity index (χ4v) is 3.13. The summed E-state index contributed by atoms with van der Waals surface area (Å²) in [7, 11) is 0. The molecule has 4 heteroatoms. The second-order valence-corrected chi connectivity index (χ2v) is 6.36. The molecule has 1 N–H and O–H groups in total. The highest BCUT2D eigenvalue weighted by molar-refractivity contribution is 7.12. The lowest BCUT2D eigenvalue weighted by Crippen LogP contribution is -2.12. The molecule has 0 bridgehead atoms. The lowest BCUT2D eigenvalue weighted by atomic mass is 10.2. The number of nitrogens with one attached hydrogen (secondary N) is 1. The van der Waals surface area contributed by atoms with Gasteiger partial charge in [-0.2, -0.15) is 0 Å². The summed E-state index contributed by atoms with van der Waals surface area (Å²) in [6, 6.07) is 2.33. The molecule has 0 aliphatic heterocycles. The number of nitrogens with zero attached hydrogens (tertiary/aromatic N) is 2. The van der Waals surface area contributed by atoms with Crippen molar-refractivity contribution in [2.45, 2.75) is 47.2 Å². The minimum atomic E-state index is 0.933. The molecule has 0 saturated heterocycles. The number of hydrogen-bond acceptors (Lipinski definition) is 3. The second kappa shape index (κ2) is 6.35. The Morgan fingerprint density at radius 2 is 2.11 bits per heavy atom. The average molecular weight is 277 g/mol. The first-order chi connectivity index (χ1) is 9.11. The Labute approximate surface area is 119 Å². The van der Waals surface area contributed by atoms with Crippen molar-refractivity contribution in [3.63, 3.8) is 0 Å². The van der Waals surface area contributed by atoms with Crippen molar-refractivity contribution in [1.29, 1.82) is 0 Å². The van der Waals surface area contributed by atoms with Gasteiger partial charge >= 0.3 is 0 Å². The number of thiophene rings is 1. The molecule has 0 aliphatic carbocycles. The lowest BCUT2D eigenvalue weighted by molar-refractivity contribution is 0.681. The Morgan fingerprint density at radius 1 is 1.32 bits per heavy atom. The van der Waals surface area contributed by atoms with Crippen LogP contribution in [-0.4, -0.2) is 16.1 Å². The molecule has 3 nitrogen and oxygen atoms in total. The van der Waals surface area contributed by atoms with E-state index in [9.17, 15) is 0 Å². The van der Waals surface area contributed by atoms with Crippen LogP contribution in [0.25, 0.3) is 0 Å². The molecule has 104 valence electrons. The van der Waals surface area contributed by atoms with Crippen LogP contribution in [0.15, 0.2) is 12.4 Å². The summed E-state index contributed by atoms with van der Waals surface area (Å²) in [6.07, 6.45) is 3.13.